The van der Waals surface area contributed by atoms with E-state index in [4.69, 9.17) is 4.74 Å². The first kappa shape index (κ1) is 21.0. The monoisotopic (exact) mass is 441 g/mol. The second-order valence-electron chi connectivity index (χ2n) is 8.36. The summed E-state index contributed by atoms with van der Waals surface area (Å²) in [5, 5.41) is 4.17. The molecule has 1 saturated heterocycles. The molecule has 0 atom stereocenters. The fourth-order valence-electron chi connectivity index (χ4n) is 4.50. The summed E-state index contributed by atoms with van der Waals surface area (Å²) in [6.07, 6.45) is 7.18. The van der Waals surface area contributed by atoms with E-state index in [1.165, 1.54) is 0 Å². The minimum atomic E-state index is -0.000503. The van der Waals surface area contributed by atoms with Crippen LogP contribution in [0.5, 0.6) is 5.75 Å². The number of amides is 1. The van der Waals surface area contributed by atoms with Crippen LogP contribution in [0.1, 0.15) is 18.7 Å². The minimum Gasteiger partial charge on any atom is -0.497 e. The van der Waals surface area contributed by atoms with Gasteiger partial charge >= 0.3 is 0 Å². The van der Waals surface area contributed by atoms with Crippen molar-refractivity contribution in [3.05, 3.63) is 72.9 Å². The number of hydrogen-bond acceptors (Lipinski definition) is 5. The molecular formula is C26H27N5O2. The van der Waals surface area contributed by atoms with Gasteiger partial charge in [0.05, 0.1) is 12.6 Å². The zero-order valence-electron chi connectivity index (χ0n) is 18.9. The predicted molar refractivity (Wildman–Crippen MR) is 130 cm³/mol. The van der Waals surface area contributed by atoms with Crippen LogP contribution in [0.15, 0.2) is 67.1 Å². The highest BCUT2D eigenvalue weighted by molar-refractivity contribution is 5.94. The molecule has 0 aliphatic carbocycles. The Kier molecular flexibility index (Phi) is 5.69. The Morgan fingerprint density at radius 3 is 2.52 bits per heavy atom. The molecule has 2 aromatic carbocycles. The van der Waals surface area contributed by atoms with E-state index in [0.717, 1.165) is 65.5 Å². The van der Waals surface area contributed by atoms with Crippen LogP contribution >= 0.6 is 0 Å². The average Bonchev–Trinajstić information content (AvgIpc) is 3.29. The lowest BCUT2D eigenvalue weighted by atomic mass is 9.95. The number of imidazole rings is 1. The number of benzene rings is 2. The van der Waals surface area contributed by atoms with E-state index in [-0.39, 0.29) is 11.8 Å². The molecule has 0 unspecified atom stereocenters. The molecule has 4 aromatic rings. The molecule has 1 aliphatic rings. The van der Waals surface area contributed by atoms with Gasteiger partial charge in [0, 0.05) is 60.0 Å². The molecule has 7 nitrogen and oxygen atoms in total. The molecule has 1 aliphatic heterocycles. The lowest BCUT2D eigenvalue weighted by Crippen LogP contribution is -2.38. The highest BCUT2D eigenvalue weighted by Crippen LogP contribution is 2.32. The molecule has 168 valence electrons. The third-order valence-corrected chi connectivity index (χ3v) is 6.37. The predicted octanol–water partition coefficient (Wildman–Crippen LogP) is 4.59. The highest BCUT2D eigenvalue weighted by Gasteiger charge is 2.26. The number of anilines is 2. The maximum atomic E-state index is 12.9. The van der Waals surface area contributed by atoms with E-state index >= 15 is 0 Å². The molecule has 33 heavy (non-hydrogen) atoms. The lowest BCUT2D eigenvalue weighted by Gasteiger charge is -2.33. The van der Waals surface area contributed by atoms with E-state index < -0.39 is 0 Å². The van der Waals surface area contributed by atoms with Crippen molar-refractivity contribution in [2.24, 2.45) is 5.92 Å². The zero-order valence-corrected chi connectivity index (χ0v) is 18.9. The quantitative estimate of drug-likeness (QED) is 0.490. The summed E-state index contributed by atoms with van der Waals surface area (Å²) < 4.78 is 7.41. The van der Waals surface area contributed by atoms with Gasteiger partial charge in [-0.15, -0.1) is 0 Å². The van der Waals surface area contributed by atoms with Gasteiger partial charge in [0.1, 0.15) is 11.6 Å². The first-order valence-corrected chi connectivity index (χ1v) is 11.2. The van der Waals surface area contributed by atoms with Crippen LogP contribution in [0.4, 0.5) is 11.4 Å². The van der Waals surface area contributed by atoms with Crippen LogP contribution in [0.25, 0.3) is 16.6 Å². The summed E-state index contributed by atoms with van der Waals surface area (Å²) in [4.78, 5) is 24.0. The molecule has 1 N–H and O–H groups in total. The Bertz CT molecular complexity index is 1270. The molecule has 0 spiro atoms. The van der Waals surface area contributed by atoms with E-state index in [0.29, 0.717) is 0 Å². The summed E-state index contributed by atoms with van der Waals surface area (Å²) in [6, 6.07) is 15.9. The van der Waals surface area contributed by atoms with E-state index in [2.05, 4.69) is 20.2 Å². The zero-order chi connectivity index (χ0) is 22.8. The number of pyridine rings is 1. The van der Waals surface area contributed by atoms with Crippen LogP contribution in [-0.4, -0.2) is 40.6 Å². The summed E-state index contributed by atoms with van der Waals surface area (Å²) in [5.74, 6) is 1.83. The number of carbonyl (C=O) groups is 1. The maximum Gasteiger partial charge on any atom is 0.227 e. The van der Waals surface area contributed by atoms with Gasteiger partial charge in [-0.2, -0.15) is 0 Å². The Balaban J connectivity index is 1.23. The van der Waals surface area contributed by atoms with Crippen molar-refractivity contribution >= 4 is 28.2 Å². The fraction of sp³-hybridized carbons (Fsp3) is 0.269. The molecule has 1 fully saturated rings. The van der Waals surface area contributed by atoms with Crippen molar-refractivity contribution in [2.45, 2.75) is 19.8 Å². The molecule has 7 heteroatoms. The van der Waals surface area contributed by atoms with Gasteiger partial charge in [-0.25, -0.2) is 4.98 Å². The van der Waals surface area contributed by atoms with Crippen molar-refractivity contribution in [3.8, 4) is 11.4 Å². The van der Waals surface area contributed by atoms with Crippen LogP contribution < -0.4 is 15.0 Å². The molecule has 0 bridgehead atoms. The molecule has 5 rings (SSSR count). The number of methoxy groups -OCH3 is 1. The van der Waals surface area contributed by atoms with Gasteiger partial charge in [-0.05, 0) is 68.3 Å². The van der Waals surface area contributed by atoms with Crippen LogP contribution in [0.3, 0.4) is 0 Å². The maximum absolute atomic E-state index is 12.9. The SMILES string of the molecule is COc1ccc2nccc(N3CCC(C(=O)Nc4ccc(-n5ccnc5C)cc4)CC3)c2c1. The van der Waals surface area contributed by atoms with Crippen molar-refractivity contribution in [3.63, 3.8) is 0 Å². The number of rotatable bonds is 5. The second kappa shape index (κ2) is 8.94. The lowest BCUT2D eigenvalue weighted by molar-refractivity contribution is -0.120. The van der Waals surface area contributed by atoms with E-state index in [1.54, 1.807) is 13.3 Å². The van der Waals surface area contributed by atoms with Gasteiger partial charge in [0.15, 0.2) is 0 Å². The number of hydrogen-bond donors (Lipinski definition) is 1. The van der Waals surface area contributed by atoms with Crippen molar-refractivity contribution in [1.82, 2.24) is 14.5 Å². The van der Waals surface area contributed by atoms with Crippen molar-refractivity contribution in [2.75, 3.05) is 30.4 Å². The average molecular weight is 442 g/mol. The van der Waals surface area contributed by atoms with Gasteiger partial charge in [0.25, 0.3) is 0 Å². The summed E-state index contributed by atoms with van der Waals surface area (Å²) in [5.41, 5.74) is 3.93. The summed E-state index contributed by atoms with van der Waals surface area (Å²) in [6.45, 7) is 3.62. The minimum absolute atomic E-state index is 0.000503. The Labute approximate surface area is 193 Å². The first-order chi connectivity index (χ1) is 16.1. The van der Waals surface area contributed by atoms with Gasteiger partial charge in [-0.3, -0.25) is 9.78 Å². The van der Waals surface area contributed by atoms with Gasteiger partial charge in [-0.1, -0.05) is 0 Å². The number of aromatic nitrogens is 3. The summed E-state index contributed by atoms with van der Waals surface area (Å²) in [7, 11) is 1.67. The second-order valence-corrected chi connectivity index (χ2v) is 8.36. The number of nitrogens with zero attached hydrogens (tertiary/aromatic N) is 4. The summed E-state index contributed by atoms with van der Waals surface area (Å²) >= 11 is 0. The fourth-order valence-corrected chi connectivity index (χ4v) is 4.50. The molecule has 0 radical (unpaired) electrons. The standard InChI is InChI=1S/C26H27N5O2/c1-18-27-13-16-31(18)21-5-3-20(4-6-21)29-26(32)19-10-14-30(15-11-19)25-9-12-28-24-8-7-22(33-2)17-23(24)25/h3-9,12-13,16-17,19H,10-11,14-15H2,1-2H3,(H,29,32). The number of aryl methyl sites for hydroxylation is 1. The van der Waals surface area contributed by atoms with Crippen LogP contribution in [-0.2, 0) is 4.79 Å². The van der Waals surface area contributed by atoms with Gasteiger partial charge in [0.2, 0.25) is 5.91 Å². The molecular weight excluding hydrogens is 414 g/mol. The first-order valence-electron chi connectivity index (χ1n) is 11.2. The Morgan fingerprint density at radius 1 is 1.03 bits per heavy atom. The normalized spacial score (nSPS) is 14.4. The van der Waals surface area contributed by atoms with Crippen LogP contribution in [0.2, 0.25) is 0 Å². The van der Waals surface area contributed by atoms with Gasteiger partial charge < -0.3 is 19.5 Å². The molecule has 3 heterocycles. The van der Waals surface area contributed by atoms with E-state index in [1.807, 2.05) is 72.4 Å². The largest absolute Gasteiger partial charge is 0.497 e. The van der Waals surface area contributed by atoms with Crippen molar-refractivity contribution < 1.29 is 9.53 Å². The number of nitrogens with one attached hydrogen (secondary N) is 1. The molecule has 0 saturated carbocycles. The highest BCUT2D eigenvalue weighted by atomic mass is 16.5. The number of carbonyl (C=O) groups excluding carboxylic acids is 1. The Morgan fingerprint density at radius 2 is 1.82 bits per heavy atom. The third-order valence-electron chi connectivity index (χ3n) is 6.37. The van der Waals surface area contributed by atoms with Crippen LogP contribution in [0, 0.1) is 12.8 Å². The molecule has 1 amide bonds. The third kappa shape index (κ3) is 4.26. The number of fused-ring (bicyclic) bond motifs is 1. The topological polar surface area (TPSA) is 72.3 Å². The number of ether oxygens (including phenoxy) is 1. The number of piperidine rings is 1. The van der Waals surface area contributed by atoms with Crippen molar-refractivity contribution in [1.29, 1.82) is 0 Å². The smallest absolute Gasteiger partial charge is 0.227 e. The molecule has 2 aromatic heterocycles. The van der Waals surface area contributed by atoms with E-state index in [9.17, 15) is 4.79 Å². The Hall–Kier alpha value is -3.87.